The molecule has 0 radical (unpaired) electrons. The van der Waals surface area contributed by atoms with E-state index in [-0.39, 0.29) is 0 Å². The molecule has 0 N–H and O–H groups in total. The fraction of sp³-hybridized carbons (Fsp3) is 0.0588. The van der Waals surface area contributed by atoms with E-state index in [1.54, 1.807) is 0 Å². The van der Waals surface area contributed by atoms with Crippen LogP contribution in [0, 0.1) is 0 Å². The highest BCUT2D eigenvalue weighted by molar-refractivity contribution is 7.80. The monoisotopic (exact) mass is 962 g/mol. The zero-order valence-electron chi connectivity index (χ0n) is 39.9. The van der Waals surface area contributed by atoms with Gasteiger partial charge in [-0.25, -0.2) is 0 Å². The summed E-state index contributed by atoms with van der Waals surface area (Å²) in [5, 5.41) is 17.5. The molecule has 12 rings (SSSR count). The second kappa shape index (κ2) is 20.8. The van der Waals surface area contributed by atoms with Crippen LogP contribution < -0.4 is 41.3 Å². The average Bonchev–Trinajstić information content (AvgIpc) is 3.45. The molecule has 0 saturated carbocycles. The second-order valence-corrected chi connectivity index (χ2v) is 22.5. The van der Waals surface area contributed by atoms with Crippen molar-refractivity contribution < 1.29 is 9.47 Å². The van der Waals surface area contributed by atoms with E-state index in [9.17, 15) is 0 Å². The summed E-state index contributed by atoms with van der Waals surface area (Å²) in [6.45, 7) is 1.11. The maximum atomic E-state index is 7.03. The average molecular weight is 963 g/mol. The molecular weight excluding hydrogens is 911 g/mol. The van der Waals surface area contributed by atoms with Crippen LogP contribution in [0.5, 0.6) is 11.5 Å². The zero-order valence-corrected chi connectivity index (χ0v) is 41.7. The standard InChI is InChI=1S/C68H52O2P2/c1-5-27-53(28-6-1)71(54-29-7-2-8-30-54)63-45-41-51-25-15-19-37-59(51)67(63)65-57-35-17-13-23-49(57)39-43-61(65)69-47-21-22-48-70-62-44-40-50-24-14-18-36-58(50)66(62)68-60-38-20-16-26-52(60)42-46-64(68)72(55-31-9-3-10-32-55)56-33-11-4-12-34-56/h1-20,23-46H,21-22,47-48H2. The normalized spacial score (nSPS) is 11.5. The van der Waals surface area contributed by atoms with Gasteiger partial charge in [-0.1, -0.05) is 255 Å². The van der Waals surface area contributed by atoms with Gasteiger partial charge in [-0.3, -0.25) is 0 Å². The van der Waals surface area contributed by atoms with Crippen molar-refractivity contribution in [2.45, 2.75) is 12.8 Å². The van der Waals surface area contributed by atoms with Crippen LogP contribution in [-0.2, 0) is 0 Å². The molecule has 4 heteroatoms. The highest BCUT2D eigenvalue weighted by Crippen LogP contribution is 2.47. The third kappa shape index (κ3) is 8.95. The molecule has 346 valence electrons. The van der Waals surface area contributed by atoms with Gasteiger partial charge in [-0.15, -0.1) is 0 Å². The molecule has 0 spiro atoms. The highest BCUT2D eigenvalue weighted by Gasteiger charge is 2.27. The molecule has 0 unspecified atom stereocenters. The number of ether oxygens (including phenoxy) is 2. The van der Waals surface area contributed by atoms with E-state index in [4.69, 9.17) is 9.47 Å². The zero-order chi connectivity index (χ0) is 48.1. The molecule has 0 saturated heterocycles. The van der Waals surface area contributed by atoms with Gasteiger partial charge in [-0.05, 0) is 116 Å². The molecule has 0 heterocycles. The number of benzene rings is 12. The Balaban J connectivity index is 0.889. The first kappa shape index (κ1) is 45.3. The van der Waals surface area contributed by atoms with Crippen LogP contribution in [0.4, 0.5) is 0 Å². The minimum Gasteiger partial charge on any atom is -0.493 e. The lowest BCUT2D eigenvalue weighted by atomic mass is 9.93. The minimum atomic E-state index is -0.917. The number of unbranched alkanes of at least 4 members (excludes halogenated alkanes) is 1. The minimum absolute atomic E-state index is 0.553. The molecule has 0 atom stereocenters. The molecular formula is C68H52O2P2. The van der Waals surface area contributed by atoms with Crippen LogP contribution in [-0.4, -0.2) is 13.2 Å². The van der Waals surface area contributed by atoms with E-state index in [2.05, 4.69) is 267 Å². The summed E-state index contributed by atoms with van der Waals surface area (Å²) >= 11 is 0. The van der Waals surface area contributed by atoms with Gasteiger partial charge in [-0.2, -0.15) is 0 Å². The van der Waals surface area contributed by atoms with Gasteiger partial charge in [0.2, 0.25) is 0 Å². The van der Waals surface area contributed by atoms with E-state index < -0.39 is 15.8 Å². The van der Waals surface area contributed by atoms with Crippen molar-refractivity contribution in [2.24, 2.45) is 0 Å². The predicted octanol–water partition coefficient (Wildman–Crippen LogP) is 15.4. The van der Waals surface area contributed by atoms with E-state index in [0.717, 1.165) is 35.5 Å². The first-order chi connectivity index (χ1) is 35.8. The Hall–Kier alpha value is -7.86. The lowest BCUT2D eigenvalue weighted by Crippen LogP contribution is -2.22. The Labute approximate surface area is 424 Å². The Morgan fingerprint density at radius 2 is 0.500 bits per heavy atom. The molecule has 0 fully saturated rings. The molecule has 0 aliphatic heterocycles. The lowest BCUT2D eigenvalue weighted by molar-refractivity contribution is 0.268. The van der Waals surface area contributed by atoms with Crippen molar-refractivity contribution in [1.82, 2.24) is 0 Å². The maximum absolute atomic E-state index is 7.03. The Morgan fingerprint density at radius 1 is 0.236 bits per heavy atom. The first-order valence-electron chi connectivity index (χ1n) is 24.9. The van der Waals surface area contributed by atoms with Crippen molar-refractivity contribution in [2.75, 3.05) is 13.2 Å². The fourth-order valence-corrected chi connectivity index (χ4v) is 15.4. The van der Waals surface area contributed by atoms with Crippen molar-refractivity contribution in [1.29, 1.82) is 0 Å². The number of hydrogen-bond acceptors (Lipinski definition) is 2. The fourth-order valence-electron chi connectivity index (χ4n) is 10.4. The molecule has 72 heavy (non-hydrogen) atoms. The molecule has 0 aliphatic carbocycles. The van der Waals surface area contributed by atoms with E-state index in [0.29, 0.717) is 13.2 Å². The van der Waals surface area contributed by atoms with Crippen LogP contribution in [0.3, 0.4) is 0 Å². The molecule has 0 amide bonds. The third-order valence-electron chi connectivity index (χ3n) is 13.7. The van der Waals surface area contributed by atoms with Crippen molar-refractivity contribution >= 4 is 90.8 Å². The van der Waals surface area contributed by atoms with Gasteiger partial charge >= 0.3 is 0 Å². The molecule has 12 aromatic carbocycles. The number of rotatable bonds is 15. The van der Waals surface area contributed by atoms with Crippen LogP contribution in [0.15, 0.2) is 267 Å². The topological polar surface area (TPSA) is 18.5 Å². The van der Waals surface area contributed by atoms with Gasteiger partial charge in [0, 0.05) is 22.3 Å². The molecule has 0 aliphatic rings. The van der Waals surface area contributed by atoms with Gasteiger partial charge in [0.15, 0.2) is 0 Å². The van der Waals surface area contributed by atoms with E-state index in [1.807, 2.05) is 0 Å². The Kier molecular flexibility index (Phi) is 13.1. The SMILES string of the molecule is c1ccc(P(c2ccccc2)c2ccc3ccccc3c2-c2c(OCCCCOc3ccc4ccccc4c3-c3c(P(c4ccccc4)c4ccccc4)ccc4ccccc34)ccc3ccccc23)cc1. The summed E-state index contributed by atoms with van der Waals surface area (Å²) in [5.41, 5.74) is 4.77. The predicted molar refractivity (Wildman–Crippen MR) is 311 cm³/mol. The second-order valence-electron chi connectivity index (χ2n) is 18.1. The highest BCUT2D eigenvalue weighted by atomic mass is 31.1. The van der Waals surface area contributed by atoms with Gasteiger partial charge in [0.05, 0.1) is 13.2 Å². The molecule has 0 bridgehead atoms. The number of fused-ring (bicyclic) bond motifs is 4. The largest absolute Gasteiger partial charge is 0.493 e. The maximum Gasteiger partial charge on any atom is 0.127 e. The van der Waals surface area contributed by atoms with Crippen LogP contribution >= 0.6 is 15.8 Å². The molecule has 0 aromatic heterocycles. The molecule has 12 aromatic rings. The lowest BCUT2D eigenvalue weighted by Gasteiger charge is -2.26. The quantitative estimate of drug-likeness (QED) is 0.0753. The summed E-state index contributed by atoms with van der Waals surface area (Å²) in [5.74, 6) is 1.80. The summed E-state index contributed by atoms with van der Waals surface area (Å²) in [6.07, 6.45) is 1.65. The van der Waals surface area contributed by atoms with E-state index >= 15 is 0 Å². The summed E-state index contributed by atoms with van der Waals surface area (Å²) in [6, 6.07) is 97.4. The van der Waals surface area contributed by atoms with E-state index in [1.165, 1.54) is 86.0 Å². The third-order valence-corrected chi connectivity index (χ3v) is 18.7. The van der Waals surface area contributed by atoms with Crippen LogP contribution in [0.2, 0.25) is 0 Å². The summed E-state index contributed by atoms with van der Waals surface area (Å²) in [4.78, 5) is 0. The summed E-state index contributed by atoms with van der Waals surface area (Å²) in [7, 11) is -1.83. The Morgan fingerprint density at radius 3 is 0.819 bits per heavy atom. The van der Waals surface area contributed by atoms with Crippen molar-refractivity contribution in [3.05, 3.63) is 267 Å². The smallest absolute Gasteiger partial charge is 0.127 e. The van der Waals surface area contributed by atoms with Gasteiger partial charge in [0.1, 0.15) is 11.5 Å². The van der Waals surface area contributed by atoms with Crippen LogP contribution in [0.1, 0.15) is 12.8 Å². The van der Waals surface area contributed by atoms with Gasteiger partial charge < -0.3 is 9.47 Å². The molecule has 2 nitrogen and oxygen atoms in total. The summed E-state index contributed by atoms with van der Waals surface area (Å²) < 4.78 is 14.1. The van der Waals surface area contributed by atoms with Gasteiger partial charge in [0.25, 0.3) is 0 Å². The first-order valence-corrected chi connectivity index (χ1v) is 27.6. The van der Waals surface area contributed by atoms with Crippen LogP contribution in [0.25, 0.3) is 65.3 Å². The number of hydrogen-bond donors (Lipinski definition) is 0. The van der Waals surface area contributed by atoms with Crippen molar-refractivity contribution in [3.63, 3.8) is 0 Å². The Bertz CT molecular complexity index is 3490. The van der Waals surface area contributed by atoms with Crippen molar-refractivity contribution in [3.8, 4) is 33.8 Å².